The third kappa shape index (κ3) is 2.05. The van der Waals surface area contributed by atoms with Crippen molar-refractivity contribution in [2.75, 3.05) is 0 Å². The van der Waals surface area contributed by atoms with Crippen molar-refractivity contribution < 1.29 is 4.52 Å². The normalized spacial score (nSPS) is 20.1. The molecule has 23 heavy (non-hydrogen) atoms. The molecule has 0 radical (unpaired) electrons. The van der Waals surface area contributed by atoms with Crippen molar-refractivity contribution in [3.05, 3.63) is 53.2 Å². The highest BCUT2D eigenvalue weighted by Crippen LogP contribution is 2.42. The van der Waals surface area contributed by atoms with Gasteiger partial charge in [0, 0.05) is 10.9 Å². The average molecular weight is 305 g/mol. The highest BCUT2D eigenvalue weighted by atomic mass is 16.5. The van der Waals surface area contributed by atoms with E-state index in [1.165, 1.54) is 0 Å². The maximum absolute atomic E-state index is 7.73. The van der Waals surface area contributed by atoms with Crippen LogP contribution in [0.5, 0.6) is 0 Å². The maximum Gasteiger partial charge on any atom is 0.272 e. The summed E-state index contributed by atoms with van der Waals surface area (Å²) in [6, 6.07) is 5.58. The standard InChI is InChI=1S/C17H15N5O/c1-3-5-14-16(18-2)15(11-8-19-21-17(11)20-14)10-6-4-7-13-12(10)9-23-22-13/h4,6-9,15-16H,3,5H2,1H3,(H,19,21). The Kier molecular flexibility index (Phi) is 3.19. The molecule has 114 valence electrons. The number of aliphatic imine (C=N–C) groups is 1. The summed E-state index contributed by atoms with van der Waals surface area (Å²) in [7, 11) is 0. The molecule has 2 unspecified atom stereocenters. The number of H-pyrrole nitrogens is 1. The van der Waals surface area contributed by atoms with Crippen LogP contribution in [-0.2, 0) is 0 Å². The average Bonchev–Trinajstić information content (AvgIpc) is 3.22. The second kappa shape index (κ2) is 5.36. The predicted molar refractivity (Wildman–Crippen MR) is 86.8 cm³/mol. The lowest BCUT2D eigenvalue weighted by molar-refractivity contribution is 0.428. The number of hydrogen-bond donors (Lipinski definition) is 1. The molecule has 1 aliphatic heterocycles. The molecule has 3 heterocycles. The molecule has 0 spiro atoms. The fourth-order valence-electron chi connectivity index (χ4n) is 3.31. The van der Waals surface area contributed by atoms with Crippen molar-refractivity contribution in [1.82, 2.24) is 15.4 Å². The van der Waals surface area contributed by atoms with Gasteiger partial charge in [-0.25, -0.2) is 11.6 Å². The van der Waals surface area contributed by atoms with Gasteiger partial charge in [-0.05, 0) is 18.1 Å². The van der Waals surface area contributed by atoms with Gasteiger partial charge in [-0.1, -0.05) is 30.6 Å². The highest BCUT2D eigenvalue weighted by molar-refractivity contribution is 5.97. The van der Waals surface area contributed by atoms with Crippen molar-refractivity contribution in [3.63, 3.8) is 0 Å². The quantitative estimate of drug-likeness (QED) is 0.747. The van der Waals surface area contributed by atoms with Crippen LogP contribution in [0.1, 0.15) is 36.8 Å². The first-order chi connectivity index (χ1) is 11.3. The summed E-state index contributed by atoms with van der Waals surface area (Å²) in [5.74, 6) is 0.648. The maximum atomic E-state index is 7.73. The molecule has 3 aromatic rings. The Labute approximate surface area is 133 Å². The molecule has 0 bridgehead atoms. The van der Waals surface area contributed by atoms with Gasteiger partial charge in [-0.2, -0.15) is 5.10 Å². The van der Waals surface area contributed by atoms with Crippen molar-refractivity contribution >= 4 is 22.4 Å². The topological polar surface area (TPSA) is 71.4 Å². The van der Waals surface area contributed by atoms with Crippen LogP contribution in [0.3, 0.4) is 0 Å². The van der Waals surface area contributed by atoms with Gasteiger partial charge in [0.1, 0.15) is 17.5 Å². The van der Waals surface area contributed by atoms with Crippen LogP contribution in [0.4, 0.5) is 5.82 Å². The van der Waals surface area contributed by atoms with Crippen LogP contribution < -0.4 is 0 Å². The van der Waals surface area contributed by atoms with Crippen LogP contribution in [0.15, 0.2) is 40.2 Å². The lowest BCUT2D eigenvalue weighted by atomic mass is 9.80. The van der Waals surface area contributed by atoms with Crippen LogP contribution in [0.25, 0.3) is 15.7 Å². The van der Waals surface area contributed by atoms with E-state index in [1.807, 2.05) is 18.2 Å². The Hall–Kier alpha value is -2.94. The van der Waals surface area contributed by atoms with Gasteiger partial charge in [0.05, 0.1) is 12.1 Å². The van der Waals surface area contributed by atoms with Gasteiger partial charge in [0.15, 0.2) is 5.82 Å². The van der Waals surface area contributed by atoms with Crippen molar-refractivity contribution in [3.8, 4) is 0 Å². The van der Waals surface area contributed by atoms with Crippen LogP contribution in [0, 0.1) is 6.57 Å². The third-order valence-electron chi connectivity index (χ3n) is 4.31. The number of hydrogen-bond acceptors (Lipinski definition) is 4. The second-order valence-corrected chi connectivity index (χ2v) is 5.67. The molecule has 0 saturated carbocycles. The molecule has 2 aromatic heterocycles. The molecule has 1 N–H and O–H groups in total. The van der Waals surface area contributed by atoms with E-state index in [2.05, 4.69) is 32.1 Å². The van der Waals surface area contributed by atoms with E-state index in [0.717, 1.165) is 46.4 Å². The first kappa shape index (κ1) is 13.7. The fourth-order valence-corrected chi connectivity index (χ4v) is 3.31. The zero-order chi connectivity index (χ0) is 15.8. The summed E-state index contributed by atoms with van der Waals surface area (Å²) in [4.78, 5) is 8.54. The Morgan fingerprint density at radius 3 is 3.09 bits per heavy atom. The predicted octanol–water partition coefficient (Wildman–Crippen LogP) is 3.86. The summed E-state index contributed by atoms with van der Waals surface area (Å²) in [6.07, 6.45) is 5.19. The number of nitrogens with zero attached hydrogens (tertiary/aromatic N) is 4. The monoisotopic (exact) mass is 305 g/mol. The Balaban J connectivity index is 1.94. The fraction of sp³-hybridized carbons (Fsp3) is 0.294. The Bertz CT molecular complexity index is 930. The molecule has 4 rings (SSSR count). The highest BCUT2D eigenvalue weighted by Gasteiger charge is 2.40. The first-order valence-corrected chi connectivity index (χ1v) is 7.63. The lowest BCUT2D eigenvalue weighted by Gasteiger charge is -2.24. The van der Waals surface area contributed by atoms with E-state index < -0.39 is 0 Å². The van der Waals surface area contributed by atoms with Crippen molar-refractivity contribution in [2.24, 2.45) is 4.99 Å². The summed E-state index contributed by atoms with van der Waals surface area (Å²) < 4.78 is 5.13. The smallest absolute Gasteiger partial charge is 0.272 e. The van der Waals surface area contributed by atoms with Crippen molar-refractivity contribution in [1.29, 1.82) is 0 Å². The SMILES string of the molecule is [C-]#[N+]C1C(CCC)=Nc2[nH]ncc2C1c1cccc2nocc12. The third-order valence-corrected chi connectivity index (χ3v) is 4.31. The van der Waals surface area contributed by atoms with Crippen LogP contribution in [0.2, 0.25) is 0 Å². The number of rotatable bonds is 3. The van der Waals surface area contributed by atoms with Gasteiger partial charge in [0.25, 0.3) is 6.04 Å². The largest absolute Gasteiger partial charge is 0.363 e. The molecule has 1 aromatic carbocycles. The lowest BCUT2D eigenvalue weighted by Crippen LogP contribution is -2.28. The van der Waals surface area contributed by atoms with Gasteiger partial charge >= 0.3 is 0 Å². The molecule has 1 aliphatic rings. The second-order valence-electron chi connectivity index (χ2n) is 5.67. The zero-order valence-electron chi connectivity index (χ0n) is 12.7. The minimum absolute atomic E-state index is 0.108. The number of nitrogens with one attached hydrogen (secondary N) is 1. The van der Waals surface area contributed by atoms with Gasteiger partial charge < -0.3 is 9.37 Å². The summed E-state index contributed by atoms with van der Waals surface area (Å²) >= 11 is 0. The summed E-state index contributed by atoms with van der Waals surface area (Å²) in [6.45, 7) is 9.82. The van der Waals surface area contributed by atoms with E-state index >= 15 is 0 Å². The summed E-state index contributed by atoms with van der Waals surface area (Å²) in [5.41, 5.74) is 3.71. The van der Waals surface area contributed by atoms with Crippen LogP contribution in [-0.4, -0.2) is 27.1 Å². The first-order valence-electron chi connectivity index (χ1n) is 7.63. The number of aromatic amines is 1. The van der Waals surface area contributed by atoms with E-state index in [4.69, 9.17) is 11.1 Å². The number of fused-ring (bicyclic) bond motifs is 2. The van der Waals surface area contributed by atoms with Crippen molar-refractivity contribution in [2.45, 2.75) is 31.7 Å². The summed E-state index contributed by atoms with van der Waals surface area (Å²) in [5, 5.41) is 12.0. The number of aromatic nitrogens is 3. The molecule has 0 fully saturated rings. The van der Waals surface area contributed by atoms with Gasteiger partial charge in [0.2, 0.25) is 0 Å². The minimum atomic E-state index is -0.319. The molecule has 0 aliphatic carbocycles. The Morgan fingerprint density at radius 1 is 1.35 bits per heavy atom. The molecule has 6 heteroatoms. The molecule has 0 amide bonds. The van der Waals surface area contributed by atoms with E-state index in [0.29, 0.717) is 0 Å². The Morgan fingerprint density at radius 2 is 2.26 bits per heavy atom. The zero-order valence-corrected chi connectivity index (χ0v) is 12.7. The molecule has 6 nitrogen and oxygen atoms in total. The molecule has 2 atom stereocenters. The molecular weight excluding hydrogens is 290 g/mol. The van der Waals surface area contributed by atoms with E-state index in [1.54, 1.807) is 12.5 Å². The van der Waals surface area contributed by atoms with Gasteiger partial charge in [-0.15, -0.1) is 0 Å². The number of benzene rings is 1. The van der Waals surface area contributed by atoms with Crippen LogP contribution >= 0.6 is 0 Å². The molecular formula is C17H15N5O. The van der Waals surface area contributed by atoms with Gasteiger partial charge in [-0.3, -0.25) is 5.10 Å². The van der Waals surface area contributed by atoms with E-state index in [9.17, 15) is 0 Å². The molecule has 0 saturated heterocycles. The minimum Gasteiger partial charge on any atom is -0.363 e. The van der Waals surface area contributed by atoms with E-state index in [-0.39, 0.29) is 12.0 Å².